The lowest BCUT2D eigenvalue weighted by molar-refractivity contribution is -0.147. The highest BCUT2D eigenvalue weighted by Gasteiger charge is 2.19. The highest BCUT2D eigenvalue weighted by atomic mass is 32.2. The molecule has 0 saturated heterocycles. The Morgan fingerprint density at radius 1 is 1.17 bits per heavy atom. The molecule has 9 heteroatoms. The van der Waals surface area contributed by atoms with E-state index < -0.39 is 5.97 Å². The number of hydrogen-bond donors (Lipinski definition) is 0. The normalized spacial score (nSPS) is 10.9. The van der Waals surface area contributed by atoms with Gasteiger partial charge in [-0.25, -0.2) is 9.50 Å². The molecule has 0 bridgehead atoms. The van der Waals surface area contributed by atoms with Crippen molar-refractivity contribution in [1.82, 2.24) is 19.6 Å². The van der Waals surface area contributed by atoms with E-state index in [9.17, 15) is 9.59 Å². The number of nitrogens with zero attached hydrogens (tertiary/aromatic N) is 5. The largest absolute Gasteiger partial charge is 0.455 e. The monoisotopic (exact) mass is 413 g/mol. The highest BCUT2D eigenvalue weighted by molar-refractivity contribution is 7.98. The van der Waals surface area contributed by atoms with Gasteiger partial charge in [-0.1, -0.05) is 30.0 Å². The van der Waals surface area contributed by atoms with Crippen LogP contribution in [-0.2, 0) is 20.7 Å². The minimum atomic E-state index is -0.486. The molecule has 0 fully saturated rings. The molecule has 3 aromatic rings. The Labute approximate surface area is 173 Å². The summed E-state index contributed by atoms with van der Waals surface area (Å²) in [6.45, 7) is 5.74. The molecule has 0 unspecified atom stereocenters. The molecule has 1 aromatic carbocycles. The van der Waals surface area contributed by atoms with Crippen LogP contribution in [0, 0.1) is 13.8 Å². The van der Waals surface area contributed by atoms with E-state index in [4.69, 9.17) is 4.74 Å². The van der Waals surface area contributed by atoms with Gasteiger partial charge in [0.25, 0.3) is 11.7 Å². The van der Waals surface area contributed by atoms with Gasteiger partial charge >= 0.3 is 5.97 Å². The minimum absolute atomic E-state index is 0.0137. The van der Waals surface area contributed by atoms with Gasteiger partial charge in [0.05, 0.1) is 6.42 Å². The van der Waals surface area contributed by atoms with E-state index >= 15 is 0 Å². The van der Waals surface area contributed by atoms with Gasteiger partial charge in [0.1, 0.15) is 0 Å². The molecule has 152 valence electrons. The molecule has 0 radical (unpaired) electrons. The Morgan fingerprint density at radius 2 is 1.90 bits per heavy atom. The molecule has 0 aliphatic rings. The number of aromatic nitrogens is 4. The Kier molecular flexibility index (Phi) is 6.48. The van der Waals surface area contributed by atoms with Crippen molar-refractivity contribution in [3.8, 4) is 0 Å². The predicted molar refractivity (Wildman–Crippen MR) is 111 cm³/mol. The summed E-state index contributed by atoms with van der Waals surface area (Å²) in [7, 11) is 0. The second kappa shape index (κ2) is 9.04. The maximum atomic E-state index is 12.5. The lowest BCUT2D eigenvalue weighted by atomic mass is 10.1. The first-order valence-electron chi connectivity index (χ1n) is 9.22. The third-order valence-electron chi connectivity index (χ3n) is 4.57. The highest BCUT2D eigenvalue weighted by Crippen LogP contribution is 2.18. The van der Waals surface area contributed by atoms with Gasteiger partial charge in [-0.3, -0.25) is 9.59 Å². The van der Waals surface area contributed by atoms with Crippen LogP contribution in [0.2, 0.25) is 0 Å². The van der Waals surface area contributed by atoms with Gasteiger partial charge in [-0.15, -0.1) is 5.10 Å². The number of thioether (sulfide) groups is 1. The van der Waals surface area contributed by atoms with Gasteiger partial charge in [-0.05, 0) is 39.2 Å². The summed E-state index contributed by atoms with van der Waals surface area (Å²) in [6.07, 6.45) is 1.90. The molecule has 0 saturated carbocycles. The van der Waals surface area contributed by atoms with Crippen LogP contribution in [-0.4, -0.2) is 50.9 Å². The molecular formula is C20H23N5O3S. The smallest absolute Gasteiger partial charge is 0.310 e. The molecule has 0 spiro atoms. The minimum Gasteiger partial charge on any atom is -0.455 e. The van der Waals surface area contributed by atoms with E-state index in [1.54, 1.807) is 9.42 Å². The van der Waals surface area contributed by atoms with Crippen molar-refractivity contribution in [3.05, 3.63) is 47.3 Å². The van der Waals surface area contributed by atoms with Crippen molar-refractivity contribution >= 4 is 35.1 Å². The standard InChI is InChI=1S/C20H23N5O3S/c1-5-24(15-9-7-6-8-10-15)17(26)12-28-18(27)11-16-13(2)21-19-22-20(29-4)23-25(19)14(16)3/h6-10H,5,11-12H2,1-4H3. The van der Waals surface area contributed by atoms with E-state index in [0.29, 0.717) is 23.2 Å². The quantitative estimate of drug-likeness (QED) is 0.434. The van der Waals surface area contributed by atoms with Crippen LogP contribution >= 0.6 is 11.8 Å². The molecule has 0 aliphatic heterocycles. The van der Waals surface area contributed by atoms with Crippen LogP contribution in [0.4, 0.5) is 5.69 Å². The van der Waals surface area contributed by atoms with Crippen LogP contribution in [0.15, 0.2) is 35.5 Å². The Bertz CT molecular complexity index is 1040. The number of hydrogen-bond acceptors (Lipinski definition) is 7. The number of para-hydroxylation sites is 1. The number of likely N-dealkylation sites (N-methyl/N-ethyl adjacent to an activating group) is 1. The molecule has 29 heavy (non-hydrogen) atoms. The van der Waals surface area contributed by atoms with Crippen molar-refractivity contribution in [1.29, 1.82) is 0 Å². The fourth-order valence-corrected chi connectivity index (χ4v) is 3.39. The van der Waals surface area contributed by atoms with Crippen LogP contribution in [0.1, 0.15) is 23.9 Å². The zero-order valence-electron chi connectivity index (χ0n) is 16.9. The number of ether oxygens (including phenoxy) is 1. The Balaban J connectivity index is 1.68. The van der Waals surface area contributed by atoms with Crippen molar-refractivity contribution in [2.75, 3.05) is 24.3 Å². The molecule has 8 nitrogen and oxygen atoms in total. The first kappa shape index (κ1) is 20.8. The molecule has 1 amide bonds. The SMILES string of the molecule is CCN(C(=O)COC(=O)Cc1c(C)nc2nc(SC)nn2c1C)c1ccccc1. The molecule has 3 rings (SSSR count). The van der Waals surface area contributed by atoms with E-state index in [0.717, 1.165) is 16.9 Å². The van der Waals surface area contributed by atoms with Gasteiger partial charge in [-0.2, -0.15) is 4.98 Å². The zero-order valence-corrected chi connectivity index (χ0v) is 17.7. The average molecular weight is 414 g/mol. The van der Waals surface area contributed by atoms with Crippen molar-refractivity contribution in [2.45, 2.75) is 32.3 Å². The second-order valence-corrected chi connectivity index (χ2v) is 7.16. The Hall–Kier alpha value is -2.94. The summed E-state index contributed by atoms with van der Waals surface area (Å²) in [6, 6.07) is 9.29. The van der Waals surface area contributed by atoms with Gasteiger partial charge in [0.15, 0.2) is 6.61 Å². The number of rotatable bonds is 7. The summed E-state index contributed by atoms with van der Waals surface area (Å²) >= 11 is 1.43. The maximum Gasteiger partial charge on any atom is 0.310 e. The second-order valence-electron chi connectivity index (χ2n) is 6.38. The molecular weight excluding hydrogens is 390 g/mol. The number of aryl methyl sites for hydroxylation is 2. The number of carbonyl (C=O) groups is 2. The van der Waals surface area contributed by atoms with Crippen molar-refractivity contribution in [2.24, 2.45) is 0 Å². The van der Waals surface area contributed by atoms with Crippen LogP contribution < -0.4 is 4.90 Å². The summed E-state index contributed by atoms with van der Waals surface area (Å²) in [5.41, 5.74) is 2.97. The number of benzene rings is 1. The number of amides is 1. The zero-order chi connectivity index (χ0) is 21.0. The van der Waals surface area contributed by atoms with E-state index in [-0.39, 0.29) is 18.9 Å². The molecule has 0 atom stereocenters. The summed E-state index contributed by atoms with van der Waals surface area (Å²) in [4.78, 5) is 35.2. The van der Waals surface area contributed by atoms with Crippen LogP contribution in [0.25, 0.3) is 5.78 Å². The molecule has 0 N–H and O–H groups in total. The summed E-state index contributed by atoms with van der Waals surface area (Å²) < 4.78 is 6.88. The lowest BCUT2D eigenvalue weighted by Gasteiger charge is -2.20. The number of carbonyl (C=O) groups excluding carboxylic acids is 2. The first-order valence-corrected chi connectivity index (χ1v) is 10.4. The molecule has 0 aliphatic carbocycles. The van der Waals surface area contributed by atoms with E-state index in [1.165, 1.54) is 11.8 Å². The summed E-state index contributed by atoms with van der Waals surface area (Å²) in [5, 5.41) is 4.99. The summed E-state index contributed by atoms with van der Waals surface area (Å²) in [5.74, 6) is -0.256. The lowest BCUT2D eigenvalue weighted by Crippen LogP contribution is -2.34. The number of fused-ring (bicyclic) bond motifs is 1. The Morgan fingerprint density at radius 3 is 2.55 bits per heavy atom. The van der Waals surface area contributed by atoms with E-state index in [1.807, 2.05) is 57.4 Å². The van der Waals surface area contributed by atoms with Gasteiger partial charge < -0.3 is 9.64 Å². The third kappa shape index (κ3) is 4.56. The van der Waals surface area contributed by atoms with Crippen molar-refractivity contribution in [3.63, 3.8) is 0 Å². The van der Waals surface area contributed by atoms with Crippen LogP contribution in [0.5, 0.6) is 0 Å². The van der Waals surface area contributed by atoms with Gasteiger partial charge in [0.2, 0.25) is 5.16 Å². The predicted octanol–water partition coefficient (Wildman–Crippen LogP) is 2.60. The number of esters is 1. The molecule has 2 aromatic heterocycles. The van der Waals surface area contributed by atoms with Gasteiger partial charge in [0, 0.05) is 29.2 Å². The van der Waals surface area contributed by atoms with E-state index in [2.05, 4.69) is 15.1 Å². The maximum absolute atomic E-state index is 12.5. The fraction of sp³-hybridized carbons (Fsp3) is 0.350. The van der Waals surface area contributed by atoms with Crippen LogP contribution in [0.3, 0.4) is 0 Å². The number of anilines is 1. The third-order valence-corrected chi connectivity index (χ3v) is 5.11. The average Bonchev–Trinajstić information content (AvgIpc) is 3.14. The first-order chi connectivity index (χ1) is 13.9. The van der Waals surface area contributed by atoms with Crippen molar-refractivity contribution < 1.29 is 14.3 Å². The topological polar surface area (TPSA) is 89.7 Å². The molecule has 2 heterocycles. The fourth-order valence-electron chi connectivity index (χ4n) is 3.06.